The fraction of sp³-hybridized carbons (Fsp3) is 0.357. The Kier molecular flexibility index (Phi) is 7.14. The number of oxazole rings is 1. The van der Waals surface area contributed by atoms with Gasteiger partial charge in [-0.2, -0.15) is 0 Å². The number of hydrogen-bond acceptors (Lipinski definition) is 5. The van der Waals surface area contributed by atoms with Crippen molar-refractivity contribution in [1.82, 2.24) is 19.8 Å². The van der Waals surface area contributed by atoms with Crippen molar-refractivity contribution < 1.29 is 13.9 Å². The van der Waals surface area contributed by atoms with Gasteiger partial charge >= 0.3 is 0 Å². The summed E-state index contributed by atoms with van der Waals surface area (Å²) in [5, 5.41) is 1.25. The van der Waals surface area contributed by atoms with Gasteiger partial charge in [-0.1, -0.05) is 30.3 Å². The van der Waals surface area contributed by atoms with Crippen molar-refractivity contribution in [2.75, 3.05) is 26.2 Å². The maximum absolute atomic E-state index is 12.7. The van der Waals surface area contributed by atoms with E-state index < -0.39 is 0 Å². The number of amides is 1. The van der Waals surface area contributed by atoms with Crippen molar-refractivity contribution in [3.8, 4) is 5.75 Å². The lowest BCUT2D eigenvalue weighted by molar-refractivity contribution is 0.0787. The number of hydrogen-bond donors (Lipinski definition) is 1. The van der Waals surface area contributed by atoms with Crippen molar-refractivity contribution in [3.63, 3.8) is 0 Å². The SMILES string of the molecule is CCOc1ccc(CN(CCc2c[nH]c3ccccc23)Cc2nc(C(=O)N3CCCC3)co2)cc1. The van der Waals surface area contributed by atoms with Crippen LogP contribution in [0.25, 0.3) is 10.9 Å². The topological polar surface area (TPSA) is 74.6 Å². The van der Waals surface area contributed by atoms with Gasteiger partial charge in [-0.15, -0.1) is 0 Å². The van der Waals surface area contributed by atoms with E-state index in [1.54, 1.807) is 0 Å². The molecule has 1 aliphatic heterocycles. The highest BCUT2D eigenvalue weighted by Crippen LogP contribution is 2.21. The van der Waals surface area contributed by atoms with Gasteiger partial charge in [-0.05, 0) is 55.5 Å². The average molecular weight is 473 g/mol. The highest BCUT2D eigenvalue weighted by Gasteiger charge is 2.23. The van der Waals surface area contributed by atoms with Crippen LogP contribution in [0.4, 0.5) is 0 Å². The molecule has 0 radical (unpaired) electrons. The molecule has 0 unspecified atom stereocenters. The van der Waals surface area contributed by atoms with Crippen molar-refractivity contribution in [1.29, 1.82) is 0 Å². The number of nitrogens with zero attached hydrogens (tertiary/aromatic N) is 3. The molecule has 5 rings (SSSR count). The summed E-state index contributed by atoms with van der Waals surface area (Å²) < 4.78 is 11.3. The second-order valence-electron chi connectivity index (χ2n) is 9.02. The van der Waals surface area contributed by atoms with Gasteiger partial charge in [-0.25, -0.2) is 4.98 Å². The predicted molar refractivity (Wildman–Crippen MR) is 135 cm³/mol. The van der Waals surface area contributed by atoms with Gasteiger partial charge < -0.3 is 19.0 Å². The van der Waals surface area contributed by atoms with Crippen LogP contribution in [0.3, 0.4) is 0 Å². The summed E-state index contributed by atoms with van der Waals surface area (Å²) in [4.78, 5) is 24.8. The number of fused-ring (bicyclic) bond motifs is 1. The molecule has 0 atom stereocenters. The second-order valence-corrected chi connectivity index (χ2v) is 9.02. The molecule has 2 aromatic carbocycles. The third-order valence-corrected chi connectivity index (χ3v) is 6.54. The van der Waals surface area contributed by atoms with Crippen LogP contribution in [0.5, 0.6) is 5.75 Å². The Labute approximate surface area is 205 Å². The molecule has 35 heavy (non-hydrogen) atoms. The molecule has 182 valence electrons. The molecule has 1 fully saturated rings. The van der Waals surface area contributed by atoms with Crippen molar-refractivity contribution in [2.24, 2.45) is 0 Å². The highest BCUT2D eigenvalue weighted by molar-refractivity contribution is 5.92. The van der Waals surface area contributed by atoms with Crippen molar-refractivity contribution in [3.05, 3.63) is 83.7 Å². The minimum Gasteiger partial charge on any atom is -0.494 e. The minimum absolute atomic E-state index is 0.0330. The molecule has 2 aromatic heterocycles. The third kappa shape index (κ3) is 5.57. The second kappa shape index (κ2) is 10.8. The highest BCUT2D eigenvalue weighted by atomic mass is 16.5. The fourth-order valence-corrected chi connectivity index (χ4v) is 4.70. The molecule has 0 aliphatic carbocycles. The van der Waals surface area contributed by atoms with E-state index in [1.165, 1.54) is 22.8 Å². The molecule has 7 nitrogen and oxygen atoms in total. The van der Waals surface area contributed by atoms with Gasteiger partial charge in [0.1, 0.15) is 12.0 Å². The normalized spacial score (nSPS) is 13.7. The zero-order valence-corrected chi connectivity index (χ0v) is 20.2. The Hall–Kier alpha value is -3.58. The molecule has 1 saturated heterocycles. The first-order valence-corrected chi connectivity index (χ1v) is 12.4. The summed E-state index contributed by atoms with van der Waals surface area (Å²) in [6, 6.07) is 16.6. The van der Waals surface area contributed by atoms with E-state index in [2.05, 4.69) is 51.4 Å². The number of rotatable bonds is 10. The van der Waals surface area contributed by atoms with Crippen LogP contribution in [0.1, 0.15) is 47.3 Å². The number of H-pyrrole nitrogens is 1. The van der Waals surface area contributed by atoms with Crippen LogP contribution in [0, 0.1) is 0 Å². The summed E-state index contributed by atoms with van der Waals surface area (Å²) in [6.45, 7) is 6.34. The molecular weight excluding hydrogens is 440 g/mol. The van der Waals surface area contributed by atoms with Gasteiger partial charge in [0.05, 0.1) is 13.2 Å². The Morgan fingerprint density at radius 1 is 1.11 bits per heavy atom. The van der Waals surface area contributed by atoms with Gasteiger partial charge in [0.15, 0.2) is 5.69 Å². The van der Waals surface area contributed by atoms with Crippen LogP contribution >= 0.6 is 0 Å². The number of carbonyl (C=O) groups is 1. The number of aromatic amines is 1. The first-order chi connectivity index (χ1) is 17.2. The maximum Gasteiger partial charge on any atom is 0.275 e. The van der Waals surface area contributed by atoms with E-state index in [0.29, 0.717) is 24.7 Å². The summed E-state index contributed by atoms with van der Waals surface area (Å²) in [6.07, 6.45) is 6.60. The lowest BCUT2D eigenvalue weighted by Crippen LogP contribution is -2.28. The first kappa shape index (κ1) is 23.2. The standard InChI is InChI=1S/C28H32N4O3/c1-2-34-23-11-9-21(10-12-23)18-31(16-13-22-17-29-25-8-4-3-7-24(22)25)19-27-30-26(20-35-27)28(33)32-14-5-6-15-32/h3-4,7-12,17,20,29H,2,5-6,13-16,18-19H2,1H3. The number of ether oxygens (including phenoxy) is 1. The Bertz CT molecular complexity index is 1250. The molecule has 1 N–H and O–H groups in total. The quantitative estimate of drug-likeness (QED) is 0.350. The van der Waals surface area contributed by atoms with Gasteiger partial charge in [0.2, 0.25) is 5.89 Å². The number of likely N-dealkylation sites (tertiary alicyclic amines) is 1. The molecule has 4 aromatic rings. The van der Waals surface area contributed by atoms with E-state index in [-0.39, 0.29) is 5.91 Å². The number of benzene rings is 2. The van der Waals surface area contributed by atoms with Crippen LogP contribution < -0.4 is 4.74 Å². The molecule has 1 amide bonds. The summed E-state index contributed by atoms with van der Waals surface area (Å²) in [7, 11) is 0. The molecule has 0 saturated carbocycles. The Morgan fingerprint density at radius 3 is 2.71 bits per heavy atom. The van der Waals surface area contributed by atoms with Crippen LogP contribution in [-0.2, 0) is 19.5 Å². The smallest absolute Gasteiger partial charge is 0.275 e. The molecular formula is C28H32N4O3. The fourth-order valence-electron chi connectivity index (χ4n) is 4.70. The molecule has 7 heteroatoms. The number of carbonyl (C=O) groups excluding carboxylic acids is 1. The summed E-state index contributed by atoms with van der Waals surface area (Å²) in [5.74, 6) is 1.41. The average Bonchev–Trinajstić information content (AvgIpc) is 3.65. The maximum atomic E-state index is 12.7. The van der Waals surface area contributed by atoms with Crippen LogP contribution in [-0.4, -0.2) is 51.9 Å². The van der Waals surface area contributed by atoms with E-state index in [1.807, 2.05) is 30.0 Å². The summed E-state index contributed by atoms with van der Waals surface area (Å²) in [5.41, 5.74) is 4.03. The molecule has 0 bridgehead atoms. The number of para-hydroxylation sites is 1. The zero-order valence-electron chi connectivity index (χ0n) is 20.2. The van der Waals surface area contributed by atoms with Crippen molar-refractivity contribution in [2.45, 2.75) is 39.3 Å². The van der Waals surface area contributed by atoms with E-state index in [0.717, 1.165) is 56.7 Å². The van der Waals surface area contributed by atoms with Crippen LogP contribution in [0.15, 0.2) is 65.4 Å². The van der Waals surface area contributed by atoms with E-state index in [4.69, 9.17) is 9.15 Å². The van der Waals surface area contributed by atoms with E-state index in [9.17, 15) is 4.79 Å². The Morgan fingerprint density at radius 2 is 1.91 bits per heavy atom. The lowest BCUT2D eigenvalue weighted by atomic mass is 10.1. The lowest BCUT2D eigenvalue weighted by Gasteiger charge is -2.21. The zero-order chi connectivity index (χ0) is 24.0. The Balaban J connectivity index is 1.30. The summed E-state index contributed by atoms with van der Waals surface area (Å²) >= 11 is 0. The van der Waals surface area contributed by atoms with E-state index >= 15 is 0 Å². The number of aromatic nitrogens is 2. The van der Waals surface area contributed by atoms with Gasteiger partial charge in [0, 0.05) is 43.3 Å². The minimum atomic E-state index is -0.0330. The third-order valence-electron chi connectivity index (χ3n) is 6.54. The molecule has 0 spiro atoms. The largest absolute Gasteiger partial charge is 0.494 e. The predicted octanol–water partition coefficient (Wildman–Crippen LogP) is 5.04. The number of nitrogens with one attached hydrogen (secondary N) is 1. The van der Waals surface area contributed by atoms with Gasteiger partial charge in [-0.3, -0.25) is 9.69 Å². The van der Waals surface area contributed by atoms with Crippen LogP contribution in [0.2, 0.25) is 0 Å². The molecule has 1 aliphatic rings. The monoisotopic (exact) mass is 472 g/mol. The molecule has 3 heterocycles. The van der Waals surface area contributed by atoms with Gasteiger partial charge in [0.25, 0.3) is 5.91 Å². The first-order valence-electron chi connectivity index (χ1n) is 12.4. The van der Waals surface area contributed by atoms with Crippen molar-refractivity contribution >= 4 is 16.8 Å².